The van der Waals surface area contributed by atoms with Crippen LogP contribution in [0.25, 0.3) is 10.2 Å². The monoisotopic (exact) mass is 346 g/mol. The number of nitrogens with zero attached hydrogens (tertiary/aromatic N) is 5. The Morgan fingerprint density at radius 3 is 2.42 bits per heavy atom. The fourth-order valence-corrected chi connectivity index (χ4v) is 3.99. The number of rotatable bonds is 1. The number of aromatic nitrogens is 2. The van der Waals surface area contributed by atoms with Crippen LogP contribution < -0.4 is 5.73 Å². The smallest absolute Gasteiger partial charge is 0.266 e. The van der Waals surface area contributed by atoms with Crippen molar-refractivity contribution in [2.75, 3.05) is 39.0 Å². The van der Waals surface area contributed by atoms with Crippen LogP contribution >= 0.6 is 11.3 Å². The van der Waals surface area contributed by atoms with Gasteiger partial charge in [0.2, 0.25) is 0 Å². The lowest BCUT2D eigenvalue weighted by Gasteiger charge is -2.35. The normalized spacial score (nSPS) is 16.1. The molecule has 3 heterocycles. The van der Waals surface area contributed by atoms with E-state index in [1.165, 1.54) is 11.3 Å². The van der Waals surface area contributed by atoms with Crippen LogP contribution in [0.4, 0.5) is 5.69 Å². The number of aryl methyl sites for hydroxylation is 2. The summed E-state index contributed by atoms with van der Waals surface area (Å²) in [7, 11) is 1.79. The number of carbonyl (C=O) groups is 1. The van der Waals surface area contributed by atoms with Gasteiger partial charge in [-0.15, -0.1) is 16.4 Å². The zero-order valence-corrected chi connectivity index (χ0v) is 15.3. The number of nitrogens with two attached hydrogens (primary N) is 1. The van der Waals surface area contributed by atoms with E-state index in [-0.39, 0.29) is 5.91 Å². The highest BCUT2D eigenvalue weighted by atomic mass is 32.1. The summed E-state index contributed by atoms with van der Waals surface area (Å²) in [5.74, 6) is 0.989. The first-order valence-electron chi connectivity index (χ1n) is 7.93. The number of nitrogen functional groups attached to an aromatic ring is 1. The molecule has 1 aliphatic heterocycles. The highest BCUT2D eigenvalue weighted by Crippen LogP contribution is 2.35. The SMILES string of the molecule is CN=C(C)N1CCN(C(=O)c2sc3nnc(C)c(C)c3c2N)CC1. The molecule has 1 fully saturated rings. The first-order chi connectivity index (χ1) is 11.4. The third-order valence-electron chi connectivity index (χ3n) is 4.68. The van der Waals surface area contributed by atoms with Crippen molar-refractivity contribution in [2.24, 2.45) is 4.99 Å². The maximum absolute atomic E-state index is 12.9. The van der Waals surface area contributed by atoms with Gasteiger partial charge in [0.05, 0.1) is 17.2 Å². The van der Waals surface area contributed by atoms with E-state index in [1.807, 2.05) is 25.7 Å². The van der Waals surface area contributed by atoms with Crippen molar-refractivity contribution in [3.05, 3.63) is 16.1 Å². The van der Waals surface area contributed by atoms with Gasteiger partial charge in [0, 0.05) is 38.6 Å². The topological polar surface area (TPSA) is 87.7 Å². The van der Waals surface area contributed by atoms with E-state index in [4.69, 9.17) is 5.73 Å². The molecule has 2 aromatic rings. The molecule has 1 aliphatic rings. The maximum Gasteiger partial charge on any atom is 0.266 e. The van der Waals surface area contributed by atoms with Crippen molar-refractivity contribution < 1.29 is 4.79 Å². The Labute approximate surface area is 145 Å². The number of fused-ring (bicyclic) bond motifs is 1. The largest absolute Gasteiger partial charge is 0.397 e. The Bertz CT molecular complexity index is 820. The van der Waals surface area contributed by atoms with E-state index in [0.29, 0.717) is 23.7 Å². The lowest BCUT2D eigenvalue weighted by atomic mass is 10.1. The lowest BCUT2D eigenvalue weighted by Crippen LogP contribution is -2.50. The van der Waals surface area contributed by atoms with Gasteiger partial charge in [-0.1, -0.05) is 0 Å². The van der Waals surface area contributed by atoms with Gasteiger partial charge in [-0.3, -0.25) is 9.79 Å². The fourth-order valence-electron chi connectivity index (χ4n) is 2.92. The molecule has 8 heteroatoms. The fraction of sp³-hybridized carbons (Fsp3) is 0.500. The van der Waals surface area contributed by atoms with E-state index in [9.17, 15) is 4.79 Å². The number of anilines is 1. The second-order valence-electron chi connectivity index (χ2n) is 5.99. The molecule has 0 radical (unpaired) electrons. The Kier molecular flexibility index (Phi) is 4.40. The van der Waals surface area contributed by atoms with Crippen LogP contribution in [0.2, 0.25) is 0 Å². The van der Waals surface area contributed by atoms with Crippen LogP contribution in [0.5, 0.6) is 0 Å². The molecule has 0 aromatic carbocycles. The first-order valence-corrected chi connectivity index (χ1v) is 8.75. The van der Waals surface area contributed by atoms with E-state index in [0.717, 1.165) is 40.4 Å². The Balaban J connectivity index is 1.85. The molecule has 0 bridgehead atoms. The molecule has 7 nitrogen and oxygen atoms in total. The molecule has 0 spiro atoms. The van der Waals surface area contributed by atoms with E-state index in [2.05, 4.69) is 20.1 Å². The summed E-state index contributed by atoms with van der Waals surface area (Å²) < 4.78 is 0. The van der Waals surface area contributed by atoms with Gasteiger partial charge in [0.1, 0.15) is 9.71 Å². The van der Waals surface area contributed by atoms with Crippen LogP contribution in [-0.4, -0.2) is 65.0 Å². The Morgan fingerprint density at radius 1 is 1.17 bits per heavy atom. The van der Waals surface area contributed by atoms with Crippen molar-refractivity contribution >= 4 is 39.0 Å². The third-order valence-corrected chi connectivity index (χ3v) is 5.76. The van der Waals surface area contributed by atoms with Crippen LogP contribution in [0.15, 0.2) is 4.99 Å². The molecule has 0 unspecified atom stereocenters. The molecule has 3 rings (SSSR count). The van der Waals surface area contributed by atoms with Gasteiger partial charge in [0.15, 0.2) is 0 Å². The number of amidine groups is 1. The van der Waals surface area contributed by atoms with Gasteiger partial charge in [-0.2, -0.15) is 5.10 Å². The van der Waals surface area contributed by atoms with Crippen molar-refractivity contribution in [3.8, 4) is 0 Å². The zero-order valence-electron chi connectivity index (χ0n) is 14.5. The second-order valence-corrected chi connectivity index (χ2v) is 6.98. The predicted molar refractivity (Wildman–Crippen MR) is 97.8 cm³/mol. The van der Waals surface area contributed by atoms with Gasteiger partial charge >= 0.3 is 0 Å². The highest BCUT2D eigenvalue weighted by molar-refractivity contribution is 7.21. The number of piperazine rings is 1. The van der Waals surface area contributed by atoms with Gasteiger partial charge in [-0.25, -0.2) is 0 Å². The van der Waals surface area contributed by atoms with Crippen LogP contribution in [-0.2, 0) is 0 Å². The number of hydrogen-bond acceptors (Lipinski definition) is 6. The minimum Gasteiger partial charge on any atom is -0.397 e. The number of carbonyl (C=O) groups excluding carboxylic acids is 1. The molecule has 24 heavy (non-hydrogen) atoms. The summed E-state index contributed by atoms with van der Waals surface area (Å²) in [5.41, 5.74) is 8.65. The molecule has 0 saturated carbocycles. The zero-order chi connectivity index (χ0) is 17.4. The molecule has 128 valence electrons. The second kappa shape index (κ2) is 6.35. The van der Waals surface area contributed by atoms with E-state index < -0.39 is 0 Å². The molecule has 0 atom stereocenters. The molecular weight excluding hydrogens is 324 g/mol. The average molecular weight is 346 g/mol. The lowest BCUT2D eigenvalue weighted by molar-refractivity contribution is 0.0697. The van der Waals surface area contributed by atoms with Crippen molar-refractivity contribution in [2.45, 2.75) is 20.8 Å². The summed E-state index contributed by atoms with van der Waals surface area (Å²) in [4.78, 5) is 22.4. The minimum atomic E-state index is -0.0155. The quantitative estimate of drug-likeness (QED) is 0.627. The minimum absolute atomic E-state index is 0.0155. The van der Waals surface area contributed by atoms with Gasteiger partial charge < -0.3 is 15.5 Å². The Morgan fingerprint density at radius 2 is 1.79 bits per heavy atom. The van der Waals surface area contributed by atoms with Crippen molar-refractivity contribution in [1.29, 1.82) is 0 Å². The molecule has 1 saturated heterocycles. The molecule has 0 aliphatic carbocycles. The van der Waals surface area contributed by atoms with E-state index in [1.54, 1.807) is 7.05 Å². The molecular formula is C16H22N6OS. The average Bonchev–Trinajstić information content (AvgIpc) is 2.94. The van der Waals surface area contributed by atoms with Gasteiger partial charge in [0.25, 0.3) is 5.91 Å². The predicted octanol–water partition coefficient (Wildman–Crippen LogP) is 1.70. The van der Waals surface area contributed by atoms with Gasteiger partial charge in [-0.05, 0) is 26.3 Å². The summed E-state index contributed by atoms with van der Waals surface area (Å²) in [6, 6.07) is 0. The number of thiophene rings is 1. The number of aliphatic imine (C=N–C) groups is 1. The van der Waals surface area contributed by atoms with Crippen LogP contribution in [0.1, 0.15) is 27.9 Å². The number of hydrogen-bond donors (Lipinski definition) is 1. The summed E-state index contributed by atoms with van der Waals surface area (Å²) >= 11 is 1.33. The standard InChI is InChI=1S/C16H22N6OS/c1-9-10(2)19-20-15-12(9)13(17)14(24-15)16(23)22-7-5-21(6-8-22)11(3)18-4/h5-8,17H2,1-4H3. The molecule has 2 N–H and O–H groups in total. The Hall–Kier alpha value is -2.22. The highest BCUT2D eigenvalue weighted by Gasteiger charge is 2.27. The molecule has 1 amide bonds. The van der Waals surface area contributed by atoms with Crippen LogP contribution in [0, 0.1) is 13.8 Å². The maximum atomic E-state index is 12.9. The summed E-state index contributed by atoms with van der Waals surface area (Å²) in [6.07, 6.45) is 0. The van der Waals surface area contributed by atoms with Crippen molar-refractivity contribution in [1.82, 2.24) is 20.0 Å². The van der Waals surface area contributed by atoms with E-state index >= 15 is 0 Å². The third kappa shape index (κ3) is 2.71. The molecule has 2 aromatic heterocycles. The summed E-state index contributed by atoms with van der Waals surface area (Å²) in [5, 5.41) is 9.19. The van der Waals surface area contributed by atoms with Crippen molar-refractivity contribution in [3.63, 3.8) is 0 Å². The summed E-state index contributed by atoms with van der Waals surface area (Å²) in [6.45, 7) is 8.78. The van der Waals surface area contributed by atoms with Crippen LogP contribution in [0.3, 0.4) is 0 Å². The first kappa shape index (κ1) is 16.6. The number of amides is 1.